The fourth-order valence-electron chi connectivity index (χ4n) is 4.55. The highest BCUT2D eigenvalue weighted by Crippen LogP contribution is 2.42. The third-order valence-corrected chi connectivity index (χ3v) is 5.61. The summed E-state index contributed by atoms with van der Waals surface area (Å²) in [7, 11) is 0. The molecule has 3 unspecified atom stereocenters. The van der Waals surface area contributed by atoms with Crippen LogP contribution >= 0.6 is 0 Å². The molecule has 0 aromatic carbocycles. The summed E-state index contributed by atoms with van der Waals surface area (Å²) in [5.74, 6) is 2.82. The third-order valence-electron chi connectivity index (χ3n) is 5.61. The van der Waals surface area contributed by atoms with Gasteiger partial charge >= 0.3 is 0 Å². The fourth-order valence-corrected chi connectivity index (χ4v) is 4.55. The number of hydrogen-bond donors (Lipinski definition) is 1. The standard InChI is InChI=1S/C16H30N2/c1-12-8-13(2)10-15(9-12)18-7-6-17-16(3,11-18)14-4-5-14/h12-15,17H,4-11H2,1-3H3. The summed E-state index contributed by atoms with van der Waals surface area (Å²) in [6.45, 7) is 11.1. The van der Waals surface area contributed by atoms with Gasteiger partial charge in [-0.15, -0.1) is 0 Å². The Hall–Kier alpha value is -0.0800. The van der Waals surface area contributed by atoms with Gasteiger partial charge in [0.15, 0.2) is 0 Å². The molecule has 3 aliphatic rings. The minimum Gasteiger partial charge on any atom is -0.309 e. The number of rotatable bonds is 2. The van der Waals surface area contributed by atoms with Gasteiger partial charge in [-0.2, -0.15) is 0 Å². The van der Waals surface area contributed by atoms with Crippen LogP contribution in [0, 0.1) is 17.8 Å². The van der Waals surface area contributed by atoms with Gasteiger partial charge in [0.1, 0.15) is 0 Å². The lowest BCUT2D eigenvalue weighted by atomic mass is 9.79. The first kappa shape index (κ1) is 12.9. The molecule has 0 amide bonds. The van der Waals surface area contributed by atoms with Gasteiger partial charge in [-0.3, -0.25) is 4.90 Å². The maximum Gasteiger partial charge on any atom is 0.0309 e. The molecule has 0 spiro atoms. The van der Waals surface area contributed by atoms with Crippen LogP contribution in [0.4, 0.5) is 0 Å². The lowest BCUT2D eigenvalue weighted by Gasteiger charge is -2.47. The molecule has 104 valence electrons. The zero-order chi connectivity index (χ0) is 12.8. The van der Waals surface area contributed by atoms with Crippen molar-refractivity contribution in [3.63, 3.8) is 0 Å². The van der Waals surface area contributed by atoms with E-state index in [2.05, 4.69) is 31.0 Å². The SMILES string of the molecule is CC1CC(C)CC(N2CCNC(C)(C3CC3)C2)C1. The van der Waals surface area contributed by atoms with Crippen molar-refractivity contribution in [3.8, 4) is 0 Å². The highest BCUT2D eigenvalue weighted by atomic mass is 15.2. The fraction of sp³-hybridized carbons (Fsp3) is 1.00. The van der Waals surface area contributed by atoms with Crippen LogP contribution in [0.25, 0.3) is 0 Å². The second-order valence-electron chi connectivity index (χ2n) is 7.66. The molecule has 0 radical (unpaired) electrons. The quantitative estimate of drug-likeness (QED) is 0.811. The molecular weight excluding hydrogens is 220 g/mol. The lowest BCUT2D eigenvalue weighted by Crippen LogP contribution is -2.62. The Bertz CT molecular complexity index is 289. The second kappa shape index (κ2) is 4.79. The Morgan fingerprint density at radius 3 is 2.33 bits per heavy atom. The summed E-state index contributed by atoms with van der Waals surface area (Å²) in [6, 6.07) is 0.865. The van der Waals surface area contributed by atoms with Gasteiger partial charge < -0.3 is 5.32 Å². The average Bonchev–Trinajstić information content (AvgIpc) is 3.11. The van der Waals surface area contributed by atoms with Crippen molar-refractivity contribution in [2.45, 2.75) is 64.5 Å². The Morgan fingerprint density at radius 1 is 1.06 bits per heavy atom. The predicted molar refractivity (Wildman–Crippen MR) is 76.7 cm³/mol. The van der Waals surface area contributed by atoms with Crippen LogP contribution < -0.4 is 5.32 Å². The van der Waals surface area contributed by atoms with Crippen molar-refractivity contribution in [1.29, 1.82) is 0 Å². The molecule has 2 saturated carbocycles. The Morgan fingerprint density at radius 2 is 1.72 bits per heavy atom. The molecule has 2 nitrogen and oxygen atoms in total. The minimum absolute atomic E-state index is 0.419. The van der Waals surface area contributed by atoms with Gasteiger partial charge in [-0.05, 0) is 56.8 Å². The molecule has 2 aliphatic carbocycles. The van der Waals surface area contributed by atoms with E-state index in [0.29, 0.717) is 5.54 Å². The number of hydrogen-bond acceptors (Lipinski definition) is 2. The van der Waals surface area contributed by atoms with Crippen LogP contribution in [-0.4, -0.2) is 36.1 Å². The molecule has 1 saturated heterocycles. The summed E-state index contributed by atoms with van der Waals surface area (Å²) in [5, 5.41) is 3.81. The summed E-state index contributed by atoms with van der Waals surface area (Å²) in [4.78, 5) is 2.82. The van der Waals surface area contributed by atoms with Crippen molar-refractivity contribution in [2.75, 3.05) is 19.6 Å². The highest BCUT2D eigenvalue weighted by Gasteiger charge is 2.45. The van der Waals surface area contributed by atoms with Gasteiger partial charge in [0.05, 0.1) is 0 Å². The van der Waals surface area contributed by atoms with Crippen molar-refractivity contribution in [1.82, 2.24) is 10.2 Å². The highest BCUT2D eigenvalue weighted by molar-refractivity contribution is 5.03. The van der Waals surface area contributed by atoms with E-state index in [1.54, 1.807) is 0 Å². The zero-order valence-electron chi connectivity index (χ0n) is 12.4. The molecule has 18 heavy (non-hydrogen) atoms. The molecule has 0 aromatic rings. The van der Waals surface area contributed by atoms with Gasteiger partial charge in [0.2, 0.25) is 0 Å². The molecule has 1 heterocycles. The van der Waals surface area contributed by atoms with Crippen molar-refractivity contribution in [3.05, 3.63) is 0 Å². The Labute approximate surface area is 113 Å². The predicted octanol–water partition coefficient (Wildman–Crippen LogP) is 2.89. The molecule has 0 bridgehead atoms. The van der Waals surface area contributed by atoms with E-state index in [4.69, 9.17) is 0 Å². The number of nitrogens with zero attached hydrogens (tertiary/aromatic N) is 1. The molecule has 2 heteroatoms. The molecule has 0 aromatic heterocycles. The van der Waals surface area contributed by atoms with Crippen LogP contribution in [-0.2, 0) is 0 Å². The topological polar surface area (TPSA) is 15.3 Å². The van der Waals surface area contributed by atoms with E-state index in [1.165, 1.54) is 51.7 Å². The van der Waals surface area contributed by atoms with E-state index in [0.717, 1.165) is 23.8 Å². The zero-order valence-corrected chi connectivity index (χ0v) is 12.4. The maximum absolute atomic E-state index is 3.81. The van der Waals surface area contributed by atoms with E-state index >= 15 is 0 Å². The lowest BCUT2D eigenvalue weighted by molar-refractivity contribution is 0.0487. The maximum atomic E-state index is 3.81. The first-order valence-corrected chi connectivity index (χ1v) is 8.06. The monoisotopic (exact) mass is 250 g/mol. The normalized spacial score (nSPS) is 47.2. The van der Waals surface area contributed by atoms with Gasteiger partial charge in [-0.25, -0.2) is 0 Å². The van der Waals surface area contributed by atoms with Crippen molar-refractivity contribution in [2.24, 2.45) is 17.8 Å². The van der Waals surface area contributed by atoms with Gasteiger partial charge in [0.25, 0.3) is 0 Å². The first-order chi connectivity index (χ1) is 8.57. The summed E-state index contributed by atoms with van der Waals surface area (Å²) < 4.78 is 0. The van der Waals surface area contributed by atoms with Crippen LogP contribution in [0.15, 0.2) is 0 Å². The van der Waals surface area contributed by atoms with E-state index < -0.39 is 0 Å². The summed E-state index contributed by atoms with van der Waals surface area (Å²) in [6.07, 6.45) is 7.22. The summed E-state index contributed by atoms with van der Waals surface area (Å²) in [5.41, 5.74) is 0.419. The smallest absolute Gasteiger partial charge is 0.0309 e. The number of nitrogens with one attached hydrogen (secondary N) is 1. The molecule has 1 N–H and O–H groups in total. The van der Waals surface area contributed by atoms with Crippen molar-refractivity contribution < 1.29 is 0 Å². The molecule has 3 fully saturated rings. The van der Waals surface area contributed by atoms with Crippen LogP contribution in [0.2, 0.25) is 0 Å². The largest absolute Gasteiger partial charge is 0.309 e. The van der Waals surface area contributed by atoms with Crippen LogP contribution in [0.5, 0.6) is 0 Å². The van der Waals surface area contributed by atoms with Gasteiger partial charge in [0, 0.05) is 31.2 Å². The number of piperazine rings is 1. The van der Waals surface area contributed by atoms with Crippen molar-refractivity contribution >= 4 is 0 Å². The molecular formula is C16H30N2. The third kappa shape index (κ3) is 2.60. The van der Waals surface area contributed by atoms with E-state index in [-0.39, 0.29) is 0 Å². The van der Waals surface area contributed by atoms with Crippen LogP contribution in [0.1, 0.15) is 52.9 Å². The summed E-state index contributed by atoms with van der Waals surface area (Å²) >= 11 is 0. The molecule has 1 aliphatic heterocycles. The van der Waals surface area contributed by atoms with Gasteiger partial charge in [-0.1, -0.05) is 13.8 Å². The minimum atomic E-state index is 0.419. The molecule has 3 rings (SSSR count). The Kier molecular flexibility index (Phi) is 3.44. The first-order valence-electron chi connectivity index (χ1n) is 8.06. The second-order valence-corrected chi connectivity index (χ2v) is 7.66. The Balaban J connectivity index is 1.64. The van der Waals surface area contributed by atoms with Crippen LogP contribution in [0.3, 0.4) is 0 Å². The molecule has 3 atom stereocenters. The van der Waals surface area contributed by atoms with E-state index in [9.17, 15) is 0 Å². The average molecular weight is 250 g/mol. The van der Waals surface area contributed by atoms with E-state index in [1.807, 2.05) is 0 Å².